The fraction of sp³-hybridized carbons (Fsp3) is 0.280. The third kappa shape index (κ3) is 4.36. The highest BCUT2D eigenvalue weighted by atomic mass is 19.4. The largest absolute Gasteiger partial charge is 0.480 e. The van der Waals surface area contributed by atoms with Gasteiger partial charge in [0.05, 0.1) is 31.1 Å². The minimum atomic E-state index is -4.77. The highest BCUT2D eigenvalue weighted by Gasteiger charge is 2.35. The molecule has 1 aromatic carbocycles. The summed E-state index contributed by atoms with van der Waals surface area (Å²) in [5.41, 5.74) is 0.0265. The number of alkyl halides is 3. The quantitative estimate of drug-likeness (QED) is 0.300. The van der Waals surface area contributed by atoms with E-state index >= 15 is 8.78 Å². The molecule has 0 bridgehead atoms. The van der Waals surface area contributed by atoms with E-state index in [9.17, 15) is 13.2 Å². The van der Waals surface area contributed by atoms with E-state index in [0.29, 0.717) is 23.2 Å². The van der Waals surface area contributed by atoms with Gasteiger partial charge in [0.2, 0.25) is 11.5 Å². The topological polar surface area (TPSA) is 123 Å². The lowest BCUT2D eigenvalue weighted by Crippen LogP contribution is -2.18. The molecule has 6 rings (SSSR count). The molecule has 0 amide bonds. The van der Waals surface area contributed by atoms with E-state index in [0.717, 1.165) is 35.2 Å². The molecule has 4 aromatic heterocycles. The van der Waals surface area contributed by atoms with Gasteiger partial charge < -0.3 is 14.3 Å². The molecule has 10 nitrogen and oxygen atoms in total. The number of nitrogens with zero attached hydrogens (tertiary/aromatic N) is 7. The highest BCUT2D eigenvalue weighted by Crippen LogP contribution is 2.44. The lowest BCUT2D eigenvalue weighted by atomic mass is 10.1. The van der Waals surface area contributed by atoms with Gasteiger partial charge in [-0.15, -0.1) is 0 Å². The number of H-pyrrole nitrogens is 1. The predicted molar refractivity (Wildman–Crippen MR) is 130 cm³/mol. The van der Waals surface area contributed by atoms with E-state index in [2.05, 4.69) is 29.9 Å². The molecule has 1 saturated carbocycles. The summed E-state index contributed by atoms with van der Waals surface area (Å²) in [6.45, 7) is -0.171. The first kappa shape index (κ1) is 25.6. The molecule has 0 radical (unpaired) electrons. The Bertz CT molecular complexity index is 1810. The van der Waals surface area contributed by atoms with Crippen molar-refractivity contribution in [3.05, 3.63) is 65.1 Å². The van der Waals surface area contributed by atoms with Crippen LogP contribution in [0.2, 0.25) is 0 Å². The van der Waals surface area contributed by atoms with Gasteiger partial charge in [-0.3, -0.25) is 9.98 Å². The third-order valence-electron chi connectivity index (χ3n) is 6.60. The van der Waals surface area contributed by atoms with Gasteiger partial charge in [0.1, 0.15) is 34.9 Å². The molecule has 1 aliphatic carbocycles. The van der Waals surface area contributed by atoms with Crippen LogP contribution in [0.5, 0.6) is 5.88 Å². The summed E-state index contributed by atoms with van der Waals surface area (Å²) in [5, 5.41) is 8.38. The third-order valence-corrected chi connectivity index (χ3v) is 6.60. The van der Waals surface area contributed by atoms with Crippen LogP contribution in [0.1, 0.15) is 35.7 Å². The molecule has 2 N–H and O–H groups in total. The Labute approximate surface area is 222 Å². The van der Waals surface area contributed by atoms with Gasteiger partial charge in [-0.25, -0.2) is 33.7 Å². The number of hydrogen-bond donors (Lipinski definition) is 2. The van der Waals surface area contributed by atoms with Crippen molar-refractivity contribution in [3.8, 4) is 28.7 Å². The predicted octanol–water partition coefficient (Wildman–Crippen LogP) is 4.33. The van der Waals surface area contributed by atoms with Crippen molar-refractivity contribution >= 4 is 11.2 Å². The van der Waals surface area contributed by atoms with Gasteiger partial charge in [0, 0.05) is 19.2 Å². The number of aryl methyl sites for hydroxylation is 1. The van der Waals surface area contributed by atoms with E-state index in [-0.39, 0.29) is 35.1 Å². The van der Waals surface area contributed by atoms with Crippen LogP contribution in [-0.4, -0.2) is 46.1 Å². The Morgan fingerprint density at radius 1 is 1.07 bits per heavy atom. The molecule has 206 valence electrons. The second-order valence-corrected chi connectivity index (χ2v) is 9.40. The van der Waals surface area contributed by atoms with Gasteiger partial charge in [0.15, 0.2) is 17.2 Å². The molecule has 1 fully saturated rings. The van der Waals surface area contributed by atoms with Gasteiger partial charge in [0.25, 0.3) is 0 Å². The first-order valence-corrected chi connectivity index (χ1v) is 12.0. The van der Waals surface area contributed by atoms with Gasteiger partial charge >= 0.3 is 6.18 Å². The number of imidazole rings is 2. The summed E-state index contributed by atoms with van der Waals surface area (Å²) in [5.74, 6) is -1.90. The maximum Gasteiger partial charge on any atom is 0.434 e. The lowest BCUT2D eigenvalue weighted by Gasteiger charge is -2.11. The monoisotopic (exact) mass is 557 g/mol. The van der Waals surface area contributed by atoms with Crippen LogP contribution in [0.4, 0.5) is 22.0 Å². The van der Waals surface area contributed by atoms with Crippen molar-refractivity contribution in [2.24, 2.45) is 7.05 Å². The number of hydrogen-bond acceptors (Lipinski definition) is 7. The minimum absolute atomic E-state index is 0.107. The summed E-state index contributed by atoms with van der Waals surface area (Å²) in [4.78, 5) is 23.8. The summed E-state index contributed by atoms with van der Waals surface area (Å²) in [7, 11) is 2.69. The van der Waals surface area contributed by atoms with Crippen molar-refractivity contribution in [3.63, 3.8) is 0 Å². The number of nitrogens with one attached hydrogen (secondary N) is 2. The van der Waals surface area contributed by atoms with Crippen molar-refractivity contribution in [2.45, 2.75) is 31.5 Å². The number of fused-ring (bicyclic) bond motifs is 1. The Balaban J connectivity index is 1.40. The maximum absolute atomic E-state index is 15.1. The van der Waals surface area contributed by atoms with Crippen LogP contribution in [0.3, 0.4) is 0 Å². The Hall–Kier alpha value is -4.69. The average Bonchev–Trinajstić information content (AvgIpc) is 3.61. The fourth-order valence-corrected chi connectivity index (χ4v) is 4.60. The molecule has 40 heavy (non-hydrogen) atoms. The van der Waals surface area contributed by atoms with Gasteiger partial charge in [-0.05, 0) is 30.5 Å². The number of methoxy groups -OCH3 is 1. The summed E-state index contributed by atoms with van der Waals surface area (Å²) in [6, 6.07) is 1.99. The average molecular weight is 557 g/mol. The normalized spacial score (nSPS) is 13.8. The van der Waals surface area contributed by atoms with Gasteiger partial charge in [-0.1, -0.05) is 0 Å². The Morgan fingerprint density at radius 3 is 2.42 bits per heavy atom. The zero-order valence-corrected chi connectivity index (χ0v) is 21.0. The molecular weight excluding hydrogens is 537 g/mol. The number of aromatic amines is 1. The van der Waals surface area contributed by atoms with Crippen LogP contribution in [0.15, 0.2) is 30.9 Å². The van der Waals surface area contributed by atoms with Gasteiger partial charge in [-0.2, -0.15) is 13.2 Å². The second-order valence-electron chi connectivity index (χ2n) is 9.40. The van der Waals surface area contributed by atoms with E-state index in [1.165, 1.54) is 31.2 Å². The van der Waals surface area contributed by atoms with Crippen LogP contribution < -0.4 is 10.4 Å². The SMILES string of the molecule is COc1ncnc(C2CC2)c1-c1ncc2[nH]c(=N)n(Cc3cc(F)c(-c4nc(C(F)(F)F)cn4C)c(F)c3)c2n1. The molecule has 0 unspecified atom stereocenters. The number of ether oxygens (including phenoxy) is 1. The zero-order valence-electron chi connectivity index (χ0n) is 21.0. The zero-order chi connectivity index (χ0) is 28.3. The van der Waals surface area contributed by atoms with Crippen LogP contribution >= 0.6 is 0 Å². The van der Waals surface area contributed by atoms with Crippen molar-refractivity contribution < 1.29 is 26.7 Å². The number of rotatable bonds is 6. The molecule has 15 heteroatoms. The first-order chi connectivity index (χ1) is 19.0. The Morgan fingerprint density at radius 2 is 1.80 bits per heavy atom. The maximum atomic E-state index is 15.1. The highest BCUT2D eigenvalue weighted by molar-refractivity contribution is 5.75. The molecule has 4 heterocycles. The smallest absolute Gasteiger partial charge is 0.434 e. The molecule has 0 aliphatic heterocycles. The molecule has 0 atom stereocenters. The van der Waals surface area contributed by atoms with E-state index in [4.69, 9.17) is 10.1 Å². The first-order valence-electron chi connectivity index (χ1n) is 12.0. The van der Waals surface area contributed by atoms with Crippen molar-refractivity contribution in [2.75, 3.05) is 7.11 Å². The summed E-state index contributed by atoms with van der Waals surface area (Å²) >= 11 is 0. The number of halogens is 5. The van der Waals surface area contributed by atoms with Crippen LogP contribution in [0.25, 0.3) is 33.9 Å². The number of aromatic nitrogens is 8. The Kier molecular flexibility index (Phi) is 5.89. The molecule has 5 aromatic rings. The van der Waals surface area contributed by atoms with E-state index in [1.54, 1.807) is 0 Å². The second kappa shape index (κ2) is 9.20. The summed E-state index contributed by atoms with van der Waals surface area (Å²) < 4.78 is 77.2. The standard InChI is InChI=1S/C25H20F5N9O/c1-38-9-16(25(28,29)30)36-22(38)17-13(26)5-11(6-14(17)27)8-39-21-15(35-24(39)31)7-32-20(37-21)18-19(12-3-4-12)33-10-34-23(18)40-2/h5-7,9-10,12H,3-4,8H2,1-2H3,(H2,31,35). The molecular formula is C25H20F5N9O. The van der Waals surface area contributed by atoms with Crippen molar-refractivity contribution in [1.29, 1.82) is 5.41 Å². The van der Waals surface area contributed by atoms with Crippen LogP contribution in [-0.2, 0) is 19.8 Å². The van der Waals surface area contributed by atoms with E-state index < -0.39 is 34.9 Å². The molecule has 1 aliphatic rings. The van der Waals surface area contributed by atoms with Crippen LogP contribution in [0, 0.1) is 17.0 Å². The number of benzene rings is 1. The summed E-state index contributed by atoms with van der Waals surface area (Å²) in [6.07, 6.45) is 0.705. The minimum Gasteiger partial charge on any atom is -0.480 e. The molecule has 0 spiro atoms. The lowest BCUT2D eigenvalue weighted by molar-refractivity contribution is -0.140. The van der Waals surface area contributed by atoms with E-state index in [1.807, 2.05) is 0 Å². The molecule has 0 saturated heterocycles. The fourth-order valence-electron chi connectivity index (χ4n) is 4.60. The van der Waals surface area contributed by atoms with Crippen molar-refractivity contribution in [1.82, 2.24) is 39.0 Å².